The number of aliphatic imine (C=N–C) groups is 1. The van der Waals surface area contributed by atoms with E-state index in [1.165, 1.54) is 11.8 Å². The van der Waals surface area contributed by atoms with Gasteiger partial charge in [0, 0.05) is 28.2 Å². The maximum Gasteiger partial charge on any atom is 0.266 e. The molecule has 4 nitrogen and oxygen atoms in total. The largest absolute Gasteiger partial charge is 0.457 e. The van der Waals surface area contributed by atoms with E-state index in [1.54, 1.807) is 23.1 Å². The quantitative estimate of drug-likeness (QED) is 0.362. The van der Waals surface area contributed by atoms with Gasteiger partial charge in [-0.15, -0.1) is 0 Å². The molecule has 3 aromatic rings. The SMILES string of the molecule is CC(C)CN1C(=O)/C(=C/c2ccc(-c3ccc(Cl)cc3)o2)SC1=Nc1ccc(Cl)cc1. The van der Waals surface area contributed by atoms with Gasteiger partial charge in [0.2, 0.25) is 0 Å². The summed E-state index contributed by atoms with van der Waals surface area (Å²) < 4.78 is 5.94. The molecule has 158 valence electrons. The fourth-order valence-corrected chi connectivity index (χ4v) is 4.31. The smallest absolute Gasteiger partial charge is 0.266 e. The maximum absolute atomic E-state index is 13.1. The van der Waals surface area contributed by atoms with Crippen LogP contribution < -0.4 is 0 Å². The number of carbonyl (C=O) groups is 1. The molecule has 1 aliphatic heterocycles. The van der Waals surface area contributed by atoms with Gasteiger partial charge < -0.3 is 4.42 Å². The highest BCUT2D eigenvalue weighted by atomic mass is 35.5. The molecule has 1 amide bonds. The number of benzene rings is 2. The van der Waals surface area contributed by atoms with Crippen LogP contribution >= 0.6 is 35.0 Å². The van der Waals surface area contributed by atoms with Crippen molar-refractivity contribution < 1.29 is 9.21 Å². The molecule has 31 heavy (non-hydrogen) atoms. The molecular formula is C24H20Cl2N2O2S. The monoisotopic (exact) mass is 470 g/mol. The summed E-state index contributed by atoms with van der Waals surface area (Å²) in [4.78, 5) is 20.1. The normalized spacial score (nSPS) is 16.8. The summed E-state index contributed by atoms with van der Waals surface area (Å²) in [6.45, 7) is 4.73. The molecule has 1 aliphatic rings. The molecular weight excluding hydrogens is 451 g/mol. The summed E-state index contributed by atoms with van der Waals surface area (Å²) in [5.41, 5.74) is 1.67. The number of amidine groups is 1. The summed E-state index contributed by atoms with van der Waals surface area (Å²) in [5, 5.41) is 1.97. The van der Waals surface area contributed by atoms with Gasteiger partial charge in [-0.25, -0.2) is 4.99 Å². The minimum atomic E-state index is -0.0733. The first-order valence-electron chi connectivity index (χ1n) is 9.80. The molecule has 2 heterocycles. The van der Waals surface area contributed by atoms with E-state index < -0.39 is 0 Å². The van der Waals surface area contributed by atoms with E-state index in [9.17, 15) is 4.79 Å². The van der Waals surface area contributed by atoms with Crippen LogP contribution in [0.4, 0.5) is 5.69 Å². The summed E-state index contributed by atoms with van der Waals surface area (Å²) in [7, 11) is 0. The zero-order chi connectivity index (χ0) is 22.0. The Balaban J connectivity index is 1.62. The standard InChI is InChI=1S/C24H20Cl2N2O2S/c1-15(2)14-28-23(29)22(31-24(28)27-19-9-7-18(26)8-10-19)13-20-11-12-21(30-20)16-3-5-17(25)6-4-16/h3-13,15H,14H2,1-2H3/b22-13-,27-24?. The Morgan fingerprint density at radius 2 is 1.65 bits per heavy atom. The van der Waals surface area contributed by atoms with Crippen LogP contribution in [0.15, 0.2) is 75.0 Å². The highest BCUT2D eigenvalue weighted by Crippen LogP contribution is 2.35. The lowest BCUT2D eigenvalue weighted by Gasteiger charge is -2.17. The third-order valence-electron chi connectivity index (χ3n) is 4.52. The lowest BCUT2D eigenvalue weighted by Crippen LogP contribution is -2.32. The van der Waals surface area contributed by atoms with Gasteiger partial charge in [-0.05, 0) is 78.3 Å². The summed E-state index contributed by atoms with van der Waals surface area (Å²) in [6.07, 6.45) is 1.77. The van der Waals surface area contributed by atoms with Crippen molar-refractivity contribution in [2.75, 3.05) is 6.54 Å². The van der Waals surface area contributed by atoms with Crippen LogP contribution in [0.25, 0.3) is 17.4 Å². The Kier molecular flexibility index (Phi) is 6.56. The summed E-state index contributed by atoms with van der Waals surface area (Å²) >= 11 is 13.3. The molecule has 0 N–H and O–H groups in total. The van der Waals surface area contributed by atoms with Gasteiger partial charge in [0.25, 0.3) is 5.91 Å². The van der Waals surface area contributed by atoms with Crippen LogP contribution in [0.5, 0.6) is 0 Å². The first-order chi connectivity index (χ1) is 14.9. The van der Waals surface area contributed by atoms with Crippen LogP contribution in [0.2, 0.25) is 10.0 Å². The molecule has 0 unspecified atom stereocenters. The highest BCUT2D eigenvalue weighted by Gasteiger charge is 2.34. The molecule has 7 heteroatoms. The Morgan fingerprint density at radius 3 is 2.29 bits per heavy atom. The molecule has 0 radical (unpaired) electrons. The summed E-state index contributed by atoms with van der Waals surface area (Å²) in [5.74, 6) is 1.56. The second-order valence-corrected chi connectivity index (χ2v) is 9.38. The fraction of sp³-hybridized carbons (Fsp3) is 0.167. The van der Waals surface area contributed by atoms with E-state index in [2.05, 4.69) is 18.8 Å². The first kappa shape index (κ1) is 21.8. The molecule has 4 rings (SSSR count). The van der Waals surface area contributed by atoms with Crippen molar-refractivity contribution in [2.24, 2.45) is 10.9 Å². The van der Waals surface area contributed by atoms with Crippen LogP contribution in [-0.2, 0) is 4.79 Å². The fourth-order valence-electron chi connectivity index (χ4n) is 3.07. The zero-order valence-electron chi connectivity index (χ0n) is 17.0. The van der Waals surface area contributed by atoms with Gasteiger partial charge in [0.05, 0.1) is 10.6 Å². The molecule has 1 saturated heterocycles. The Bertz CT molecular complexity index is 1150. The Hall–Kier alpha value is -2.47. The van der Waals surface area contributed by atoms with Gasteiger partial charge in [0.15, 0.2) is 5.17 Å². The lowest BCUT2D eigenvalue weighted by atomic mass is 10.2. The first-order valence-corrected chi connectivity index (χ1v) is 11.4. The molecule has 1 aromatic heterocycles. The van der Waals surface area contributed by atoms with E-state index in [4.69, 9.17) is 27.6 Å². The average Bonchev–Trinajstić information content (AvgIpc) is 3.31. The minimum Gasteiger partial charge on any atom is -0.457 e. The van der Waals surface area contributed by atoms with Crippen molar-refractivity contribution >= 4 is 57.8 Å². The van der Waals surface area contributed by atoms with E-state index in [1.807, 2.05) is 48.5 Å². The zero-order valence-corrected chi connectivity index (χ0v) is 19.3. The summed E-state index contributed by atoms with van der Waals surface area (Å²) in [6, 6.07) is 18.4. The van der Waals surface area contributed by atoms with E-state index in [0.717, 1.165) is 11.3 Å². The Morgan fingerprint density at radius 1 is 1.00 bits per heavy atom. The third kappa shape index (κ3) is 5.24. The van der Waals surface area contributed by atoms with Crippen molar-refractivity contribution in [2.45, 2.75) is 13.8 Å². The third-order valence-corrected chi connectivity index (χ3v) is 6.03. The van der Waals surface area contributed by atoms with E-state index in [-0.39, 0.29) is 5.91 Å². The number of hydrogen-bond donors (Lipinski definition) is 0. The van der Waals surface area contributed by atoms with Crippen molar-refractivity contribution in [1.82, 2.24) is 4.90 Å². The number of rotatable bonds is 5. The number of hydrogen-bond acceptors (Lipinski definition) is 4. The van der Waals surface area contributed by atoms with Crippen molar-refractivity contribution in [1.29, 1.82) is 0 Å². The molecule has 0 saturated carbocycles. The number of amides is 1. The van der Waals surface area contributed by atoms with Gasteiger partial charge >= 0.3 is 0 Å². The number of thioether (sulfide) groups is 1. The van der Waals surface area contributed by atoms with Crippen LogP contribution in [0.3, 0.4) is 0 Å². The van der Waals surface area contributed by atoms with Crippen molar-refractivity contribution in [3.8, 4) is 11.3 Å². The van der Waals surface area contributed by atoms with Gasteiger partial charge in [-0.2, -0.15) is 0 Å². The van der Waals surface area contributed by atoms with Crippen molar-refractivity contribution in [3.05, 3.63) is 81.4 Å². The topological polar surface area (TPSA) is 45.8 Å². The number of carbonyl (C=O) groups excluding carboxylic acids is 1. The Labute approximate surface area is 195 Å². The minimum absolute atomic E-state index is 0.0733. The highest BCUT2D eigenvalue weighted by molar-refractivity contribution is 8.18. The van der Waals surface area contributed by atoms with E-state index in [0.29, 0.717) is 44.1 Å². The molecule has 0 bridgehead atoms. The molecule has 0 spiro atoms. The predicted molar refractivity (Wildman–Crippen MR) is 130 cm³/mol. The molecule has 1 fully saturated rings. The molecule has 2 aromatic carbocycles. The number of nitrogens with zero attached hydrogens (tertiary/aromatic N) is 2. The molecule has 0 atom stereocenters. The van der Waals surface area contributed by atoms with Gasteiger partial charge in [0.1, 0.15) is 11.5 Å². The second kappa shape index (κ2) is 9.35. The van der Waals surface area contributed by atoms with Gasteiger partial charge in [-0.3, -0.25) is 9.69 Å². The van der Waals surface area contributed by atoms with E-state index >= 15 is 0 Å². The van der Waals surface area contributed by atoms with Gasteiger partial charge in [-0.1, -0.05) is 37.0 Å². The predicted octanol–water partition coefficient (Wildman–Crippen LogP) is 7.51. The number of furan rings is 1. The van der Waals surface area contributed by atoms with Crippen LogP contribution in [-0.4, -0.2) is 22.5 Å². The maximum atomic E-state index is 13.1. The van der Waals surface area contributed by atoms with Crippen molar-refractivity contribution in [3.63, 3.8) is 0 Å². The van der Waals surface area contributed by atoms with Crippen LogP contribution in [0.1, 0.15) is 19.6 Å². The number of halogens is 2. The van der Waals surface area contributed by atoms with Crippen LogP contribution in [0, 0.1) is 5.92 Å². The average molecular weight is 471 g/mol. The lowest BCUT2D eigenvalue weighted by molar-refractivity contribution is -0.122. The second-order valence-electron chi connectivity index (χ2n) is 7.50. The molecule has 0 aliphatic carbocycles.